The van der Waals surface area contributed by atoms with Crippen molar-refractivity contribution in [2.24, 2.45) is 0 Å². The number of imide groups is 1. The Morgan fingerprint density at radius 2 is 2.00 bits per heavy atom. The number of rotatable bonds is 2. The number of carbonyl (C=O) groups is 3. The molecule has 2 saturated heterocycles. The highest BCUT2D eigenvalue weighted by atomic mass is 16.2. The van der Waals surface area contributed by atoms with Gasteiger partial charge in [0.15, 0.2) is 0 Å². The lowest BCUT2D eigenvalue weighted by Gasteiger charge is -2.37. The van der Waals surface area contributed by atoms with Crippen LogP contribution in [0.2, 0.25) is 0 Å². The Labute approximate surface area is 112 Å². The Kier molecular flexibility index (Phi) is 3.64. The minimum Gasteiger partial charge on any atom is -0.338 e. The van der Waals surface area contributed by atoms with E-state index < -0.39 is 5.54 Å². The van der Waals surface area contributed by atoms with Crippen LogP contribution in [0, 0.1) is 0 Å². The molecule has 0 aromatic heterocycles. The molecule has 0 aliphatic carbocycles. The minimum atomic E-state index is -0.798. The van der Waals surface area contributed by atoms with E-state index in [9.17, 15) is 14.4 Å². The van der Waals surface area contributed by atoms with Crippen LogP contribution in [0.25, 0.3) is 0 Å². The van der Waals surface area contributed by atoms with Gasteiger partial charge in [0.2, 0.25) is 0 Å². The van der Waals surface area contributed by atoms with Crippen molar-refractivity contribution in [2.75, 3.05) is 26.7 Å². The van der Waals surface area contributed by atoms with Crippen LogP contribution in [0.3, 0.4) is 0 Å². The van der Waals surface area contributed by atoms with Gasteiger partial charge in [0.25, 0.3) is 5.91 Å². The van der Waals surface area contributed by atoms with Gasteiger partial charge in [-0.3, -0.25) is 9.69 Å². The molecule has 0 aromatic carbocycles. The Morgan fingerprint density at radius 1 is 1.37 bits per heavy atom. The highest BCUT2D eigenvalue weighted by Gasteiger charge is 2.51. The van der Waals surface area contributed by atoms with Gasteiger partial charge in [-0.15, -0.1) is 0 Å². The summed E-state index contributed by atoms with van der Waals surface area (Å²) in [6, 6.07) is -0.448. The fraction of sp³-hybridized carbons (Fsp3) is 0.750. The number of urea groups is 2. The molecule has 0 atom stereocenters. The minimum absolute atomic E-state index is 0.0955. The van der Waals surface area contributed by atoms with E-state index in [0.29, 0.717) is 32.5 Å². The number of amides is 5. The third-order valence-electron chi connectivity index (χ3n) is 3.80. The summed E-state index contributed by atoms with van der Waals surface area (Å²) in [7, 11) is 1.48. The summed E-state index contributed by atoms with van der Waals surface area (Å²) in [5, 5.41) is 5.56. The van der Waals surface area contributed by atoms with Crippen molar-refractivity contribution in [1.82, 2.24) is 20.4 Å². The lowest BCUT2D eigenvalue weighted by molar-refractivity contribution is -0.131. The Balaban J connectivity index is 1.94. The van der Waals surface area contributed by atoms with Gasteiger partial charge >= 0.3 is 12.1 Å². The zero-order chi connectivity index (χ0) is 14.0. The summed E-state index contributed by atoms with van der Waals surface area (Å²) in [4.78, 5) is 38.2. The number of nitrogens with one attached hydrogen (secondary N) is 2. The number of hydrogen-bond donors (Lipinski definition) is 2. The molecule has 0 unspecified atom stereocenters. The fourth-order valence-corrected chi connectivity index (χ4v) is 2.53. The zero-order valence-electron chi connectivity index (χ0n) is 11.4. The molecule has 7 nitrogen and oxygen atoms in total. The first-order valence-corrected chi connectivity index (χ1v) is 6.63. The van der Waals surface area contributed by atoms with Crippen molar-refractivity contribution in [1.29, 1.82) is 0 Å². The summed E-state index contributed by atoms with van der Waals surface area (Å²) in [5.74, 6) is -0.189. The van der Waals surface area contributed by atoms with Crippen LogP contribution in [0.5, 0.6) is 0 Å². The van der Waals surface area contributed by atoms with Crippen LogP contribution in [-0.2, 0) is 4.79 Å². The molecule has 2 rings (SSSR count). The summed E-state index contributed by atoms with van der Waals surface area (Å²) >= 11 is 0. The first-order valence-electron chi connectivity index (χ1n) is 6.63. The molecule has 0 radical (unpaired) electrons. The molecule has 106 valence electrons. The molecule has 2 fully saturated rings. The fourth-order valence-electron chi connectivity index (χ4n) is 2.53. The van der Waals surface area contributed by atoms with Gasteiger partial charge < -0.3 is 15.5 Å². The average molecular weight is 268 g/mol. The normalized spacial score (nSPS) is 21.8. The van der Waals surface area contributed by atoms with Crippen molar-refractivity contribution in [3.05, 3.63) is 0 Å². The molecule has 7 heteroatoms. The molecule has 2 aliphatic rings. The molecule has 0 bridgehead atoms. The standard InChI is InChI=1S/C12H20N4O3/c1-3-6-13-10(18)16-7-4-12(5-8-16)9(17)15(2)11(19)14-12/h3-8H2,1-2H3,(H,13,18)(H,14,19). The molecule has 0 saturated carbocycles. The van der Waals surface area contributed by atoms with Crippen LogP contribution in [0.1, 0.15) is 26.2 Å². The highest BCUT2D eigenvalue weighted by molar-refractivity contribution is 6.06. The zero-order valence-corrected chi connectivity index (χ0v) is 11.4. The Hall–Kier alpha value is -1.79. The third kappa shape index (κ3) is 2.36. The monoisotopic (exact) mass is 268 g/mol. The van der Waals surface area contributed by atoms with E-state index in [0.717, 1.165) is 11.3 Å². The second-order valence-electron chi connectivity index (χ2n) is 5.10. The Bertz CT molecular complexity index is 402. The smallest absolute Gasteiger partial charge is 0.324 e. The molecule has 0 aromatic rings. The van der Waals surface area contributed by atoms with Crippen LogP contribution in [-0.4, -0.2) is 60.0 Å². The summed E-state index contributed by atoms with van der Waals surface area (Å²) in [5.41, 5.74) is -0.798. The molecular weight excluding hydrogens is 248 g/mol. The lowest BCUT2D eigenvalue weighted by atomic mass is 9.87. The van der Waals surface area contributed by atoms with Crippen molar-refractivity contribution < 1.29 is 14.4 Å². The van der Waals surface area contributed by atoms with Gasteiger partial charge in [0.05, 0.1) is 0 Å². The largest absolute Gasteiger partial charge is 0.338 e. The van der Waals surface area contributed by atoms with E-state index in [4.69, 9.17) is 0 Å². The van der Waals surface area contributed by atoms with E-state index in [2.05, 4.69) is 10.6 Å². The SMILES string of the molecule is CCCNC(=O)N1CCC2(CC1)NC(=O)N(C)C2=O. The maximum Gasteiger partial charge on any atom is 0.324 e. The van der Waals surface area contributed by atoms with Crippen LogP contribution < -0.4 is 10.6 Å². The number of nitrogens with zero attached hydrogens (tertiary/aromatic N) is 2. The Morgan fingerprint density at radius 3 is 2.47 bits per heavy atom. The summed E-state index contributed by atoms with van der Waals surface area (Å²) < 4.78 is 0. The molecule has 5 amide bonds. The van der Waals surface area contributed by atoms with E-state index in [1.54, 1.807) is 4.90 Å². The van der Waals surface area contributed by atoms with Crippen LogP contribution in [0.15, 0.2) is 0 Å². The van der Waals surface area contributed by atoms with Crippen molar-refractivity contribution in [3.8, 4) is 0 Å². The molecule has 19 heavy (non-hydrogen) atoms. The van der Waals surface area contributed by atoms with E-state index in [-0.39, 0.29) is 18.0 Å². The summed E-state index contributed by atoms with van der Waals surface area (Å²) in [6.45, 7) is 3.61. The van der Waals surface area contributed by atoms with Crippen LogP contribution >= 0.6 is 0 Å². The maximum absolute atomic E-state index is 12.1. The molecule has 2 aliphatic heterocycles. The average Bonchev–Trinajstić information content (AvgIpc) is 2.62. The van der Waals surface area contributed by atoms with Gasteiger partial charge in [0.1, 0.15) is 5.54 Å². The number of piperidine rings is 1. The lowest BCUT2D eigenvalue weighted by Crippen LogP contribution is -2.57. The van der Waals surface area contributed by atoms with Gasteiger partial charge in [0, 0.05) is 26.7 Å². The van der Waals surface area contributed by atoms with Gasteiger partial charge in [-0.05, 0) is 19.3 Å². The highest BCUT2D eigenvalue weighted by Crippen LogP contribution is 2.28. The van der Waals surface area contributed by atoms with Gasteiger partial charge in [-0.2, -0.15) is 0 Å². The molecule has 2 heterocycles. The van der Waals surface area contributed by atoms with E-state index in [1.165, 1.54) is 7.05 Å². The second kappa shape index (κ2) is 5.07. The molecule has 2 N–H and O–H groups in total. The van der Waals surface area contributed by atoms with Crippen molar-refractivity contribution in [2.45, 2.75) is 31.7 Å². The predicted molar refractivity (Wildman–Crippen MR) is 68.5 cm³/mol. The molecular formula is C12H20N4O3. The number of carbonyl (C=O) groups excluding carboxylic acids is 3. The number of likely N-dealkylation sites (tertiary alicyclic amines) is 1. The van der Waals surface area contributed by atoms with E-state index >= 15 is 0 Å². The van der Waals surface area contributed by atoms with Gasteiger partial charge in [-0.1, -0.05) is 6.92 Å². The van der Waals surface area contributed by atoms with Crippen molar-refractivity contribution in [3.63, 3.8) is 0 Å². The van der Waals surface area contributed by atoms with Crippen molar-refractivity contribution >= 4 is 18.0 Å². The molecule has 1 spiro atoms. The second-order valence-corrected chi connectivity index (χ2v) is 5.10. The number of hydrogen-bond acceptors (Lipinski definition) is 3. The van der Waals surface area contributed by atoms with Crippen LogP contribution in [0.4, 0.5) is 9.59 Å². The maximum atomic E-state index is 12.1. The topological polar surface area (TPSA) is 81.8 Å². The number of likely N-dealkylation sites (N-methyl/N-ethyl adjacent to an activating group) is 1. The summed E-state index contributed by atoms with van der Waals surface area (Å²) in [6.07, 6.45) is 1.84. The van der Waals surface area contributed by atoms with E-state index in [1.807, 2.05) is 6.92 Å². The first kappa shape index (κ1) is 13.6. The quantitative estimate of drug-likeness (QED) is 0.698. The first-order chi connectivity index (χ1) is 9.00. The van der Waals surface area contributed by atoms with Gasteiger partial charge in [-0.25, -0.2) is 9.59 Å². The third-order valence-corrected chi connectivity index (χ3v) is 3.80. The predicted octanol–water partition coefficient (Wildman–Crippen LogP) is 0.122.